The van der Waals surface area contributed by atoms with E-state index in [2.05, 4.69) is 25.6 Å². The molecule has 1 atom stereocenters. The Hall–Kier alpha value is -3.20. The number of hydrazine groups is 1. The molecule has 2 aliphatic heterocycles. The Bertz CT molecular complexity index is 871. The lowest BCUT2D eigenvalue weighted by molar-refractivity contribution is 0.0851. The van der Waals surface area contributed by atoms with Crippen LogP contribution in [0, 0.1) is 0 Å². The molecule has 0 aromatic carbocycles. The van der Waals surface area contributed by atoms with Crippen LogP contribution in [0.5, 0.6) is 0 Å². The van der Waals surface area contributed by atoms with E-state index in [0.717, 1.165) is 25.2 Å². The largest absolute Gasteiger partial charge is 0.366 e. The lowest BCUT2D eigenvalue weighted by Gasteiger charge is -2.35. The van der Waals surface area contributed by atoms with Crippen molar-refractivity contribution < 1.29 is 9.59 Å². The van der Waals surface area contributed by atoms with Crippen LogP contribution < -0.4 is 20.5 Å². The molecule has 1 saturated heterocycles. The first kappa shape index (κ1) is 17.2. The van der Waals surface area contributed by atoms with E-state index >= 15 is 0 Å². The van der Waals surface area contributed by atoms with Gasteiger partial charge >= 0.3 is 6.03 Å². The smallest absolute Gasteiger partial charge is 0.329 e. The highest BCUT2D eigenvalue weighted by Crippen LogP contribution is 2.39. The number of pyridine rings is 2. The van der Waals surface area contributed by atoms with Crippen molar-refractivity contribution in [3.05, 3.63) is 42.2 Å². The van der Waals surface area contributed by atoms with Crippen LogP contribution in [0.2, 0.25) is 0 Å². The molecule has 2 aromatic heterocycles. The summed E-state index contributed by atoms with van der Waals surface area (Å²) in [6.45, 7) is 1.61. The second kappa shape index (κ2) is 6.84. The molecule has 0 spiro atoms. The molecule has 4 rings (SSSR count). The van der Waals surface area contributed by atoms with E-state index in [1.807, 2.05) is 12.1 Å². The summed E-state index contributed by atoms with van der Waals surface area (Å²) < 4.78 is 0. The van der Waals surface area contributed by atoms with Crippen molar-refractivity contribution in [1.29, 1.82) is 0 Å². The number of aromatic nitrogens is 2. The van der Waals surface area contributed by atoms with E-state index < -0.39 is 0 Å². The van der Waals surface area contributed by atoms with Crippen molar-refractivity contribution >= 4 is 29.3 Å². The lowest BCUT2D eigenvalue weighted by Crippen LogP contribution is -2.48. The molecule has 0 saturated carbocycles. The molecule has 9 nitrogen and oxygen atoms in total. The Morgan fingerprint density at radius 2 is 2.07 bits per heavy atom. The van der Waals surface area contributed by atoms with Crippen LogP contribution >= 0.6 is 0 Å². The van der Waals surface area contributed by atoms with Gasteiger partial charge in [0.05, 0.1) is 11.7 Å². The molecule has 1 unspecified atom stereocenters. The Morgan fingerprint density at radius 1 is 1.22 bits per heavy atom. The number of carbonyl (C=O) groups is 2. The number of anilines is 3. The fourth-order valence-corrected chi connectivity index (χ4v) is 3.46. The number of hydrogen-bond acceptors (Lipinski definition) is 6. The molecule has 4 heterocycles. The van der Waals surface area contributed by atoms with Crippen LogP contribution in [0.25, 0.3) is 0 Å². The molecular formula is C18H21N7O2. The summed E-state index contributed by atoms with van der Waals surface area (Å²) in [5, 5.41) is 4.38. The van der Waals surface area contributed by atoms with Crippen LogP contribution in [-0.4, -0.2) is 60.1 Å². The maximum absolute atomic E-state index is 13.0. The number of hydrogen-bond donors (Lipinski definition) is 2. The van der Waals surface area contributed by atoms with Crippen molar-refractivity contribution in [1.82, 2.24) is 20.4 Å². The van der Waals surface area contributed by atoms with Gasteiger partial charge in [-0.15, -0.1) is 0 Å². The topological polar surface area (TPSA) is 93.7 Å². The SMILES string of the molecule is CN(C)NC(=O)c1ccc2c(n1)N(C(=O)Nc1ccccn1)C1CCN2C1. The van der Waals surface area contributed by atoms with Gasteiger partial charge in [-0.2, -0.15) is 0 Å². The van der Waals surface area contributed by atoms with Gasteiger partial charge in [-0.05, 0) is 30.7 Å². The maximum atomic E-state index is 13.0. The summed E-state index contributed by atoms with van der Waals surface area (Å²) in [4.78, 5) is 37.8. The van der Waals surface area contributed by atoms with Crippen LogP contribution in [0.1, 0.15) is 16.9 Å². The second-order valence-electron chi connectivity index (χ2n) is 6.78. The van der Waals surface area contributed by atoms with Gasteiger partial charge in [-0.1, -0.05) is 6.07 Å². The highest BCUT2D eigenvalue weighted by atomic mass is 16.2. The van der Waals surface area contributed by atoms with Crippen LogP contribution in [-0.2, 0) is 0 Å². The monoisotopic (exact) mass is 367 g/mol. The first-order chi connectivity index (χ1) is 13.0. The Labute approximate surface area is 157 Å². The van der Waals surface area contributed by atoms with Gasteiger partial charge in [0, 0.05) is 33.4 Å². The van der Waals surface area contributed by atoms with E-state index in [0.29, 0.717) is 11.6 Å². The summed E-state index contributed by atoms with van der Waals surface area (Å²) >= 11 is 0. The molecule has 9 heteroatoms. The Morgan fingerprint density at radius 3 is 2.81 bits per heavy atom. The zero-order valence-electron chi connectivity index (χ0n) is 15.2. The van der Waals surface area contributed by atoms with Crippen LogP contribution in [0.15, 0.2) is 36.5 Å². The van der Waals surface area contributed by atoms with Crippen molar-refractivity contribution in [2.45, 2.75) is 12.5 Å². The molecule has 27 heavy (non-hydrogen) atoms. The average Bonchev–Trinajstić information content (AvgIpc) is 3.06. The van der Waals surface area contributed by atoms with E-state index in [1.165, 1.54) is 0 Å². The fourth-order valence-electron chi connectivity index (χ4n) is 3.46. The number of urea groups is 1. The van der Waals surface area contributed by atoms with E-state index in [1.54, 1.807) is 48.4 Å². The predicted molar refractivity (Wildman–Crippen MR) is 102 cm³/mol. The molecule has 0 aliphatic carbocycles. The molecule has 2 aromatic rings. The third kappa shape index (κ3) is 3.28. The number of nitrogens with one attached hydrogen (secondary N) is 2. The molecule has 2 N–H and O–H groups in total. The van der Waals surface area contributed by atoms with Crippen molar-refractivity contribution in [2.24, 2.45) is 0 Å². The summed E-state index contributed by atoms with van der Waals surface area (Å²) in [5.41, 5.74) is 3.80. The van der Waals surface area contributed by atoms with Crippen molar-refractivity contribution in [3.63, 3.8) is 0 Å². The van der Waals surface area contributed by atoms with Gasteiger partial charge in [-0.3, -0.25) is 20.4 Å². The molecule has 140 valence electrons. The van der Waals surface area contributed by atoms with Crippen LogP contribution in [0.3, 0.4) is 0 Å². The Balaban J connectivity index is 1.67. The van der Waals surface area contributed by atoms with Gasteiger partial charge in [0.2, 0.25) is 0 Å². The third-order valence-corrected chi connectivity index (χ3v) is 4.63. The minimum absolute atomic E-state index is 0.0147. The number of amides is 3. The van der Waals surface area contributed by atoms with Gasteiger partial charge in [0.1, 0.15) is 11.5 Å². The molecule has 2 aliphatic rings. The van der Waals surface area contributed by atoms with Gasteiger partial charge < -0.3 is 4.90 Å². The summed E-state index contributed by atoms with van der Waals surface area (Å²) in [6.07, 6.45) is 2.48. The van der Waals surface area contributed by atoms with Crippen molar-refractivity contribution in [2.75, 3.05) is 42.3 Å². The summed E-state index contributed by atoms with van der Waals surface area (Å²) in [6, 6.07) is 8.60. The quantitative estimate of drug-likeness (QED) is 0.795. The van der Waals surface area contributed by atoms with E-state index in [-0.39, 0.29) is 23.7 Å². The van der Waals surface area contributed by atoms with Crippen molar-refractivity contribution in [3.8, 4) is 0 Å². The minimum Gasteiger partial charge on any atom is -0.366 e. The second-order valence-corrected chi connectivity index (χ2v) is 6.78. The first-order valence-corrected chi connectivity index (χ1v) is 8.78. The number of fused-ring (bicyclic) bond motifs is 4. The molecule has 3 amide bonds. The zero-order valence-corrected chi connectivity index (χ0v) is 15.2. The Kier molecular flexibility index (Phi) is 4.36. The maximum Gasteiger partial charge on any atom is 0.329 e. The molecule has 2 bridgehead atoms. The highest BCUT2D eigenvalue weighted by Gasteiger charge is 2.40. The fraction of sp³-hybridized carbons (Fsp3) is 0.333. The zero-order chi connectivity index (χ0) is 19.0. The summed E-state index contributed by atoms with van der Waals surface area (Å²) in [5.74, 6) is 0.662. The third-order valence-electron chi connectivity index (χ3n) is 4.63. The van der Waals surface area contributed by atoms with Gasteiger partial charge in [0.15, 0.2) is 5.82 Å². The van der Waals surface area contributed by atoms with E-state index in [9.17, 15) is 9.59 Å². The van der Waals surface area contributed by atoms with Gasteiger partial charge in [-0.25, -0.2) is 19.8 Å². The minimum atomic E-state index is -0.319. The number of nitrogens with zero attached hydrogens (tertiary/aromatic N) is 5. The lowest BCUT2D eigenvalue weighted by atomic mass is 10.1. The highest BCUT2D eigenvalue weighted by molar-refractivity contribution is 6.04. The number of carbonyl (C=O) groups excluding carboxylic acids is 2. The molecule has 1 fully saturated rings. The van der Waals surface area contributed by atoms with Crippen LogP contribution in [0.4, 0.5) is 22.1 Å². The molecular weight excluding hydrogens is 346 g/mol. The summed E-state index contributed by atoms with van der Waals surface area (Å²) in [7, 11) is 3.46. The normalized spacial score (nSPS) is 17.7. The first-order valence-electron chi connectivity index (χ1n) is 8.78. The molecule has 0 radical (unpaired) electrons. The number of rotatable bonds is 3. The average molecular weight is 367 g/mol. The van der Waals surface area contributed by atoms with E-state index in [4.69, 9.17) is 0 Å². The van der Waals surface area contributed by atoms with Gasteiger partial charge in [0.25, 0.3) is 5.91 Å². The predicted octanol–water partition coefficient (Wildman–Crippen LogP) is 1.31. The standard InChI is InChI=1S/C18H21N7O2/c1-23(2)22-17(26)13-6-7-14-16(20-13)25(12-8-10-24(14)11-12)18(27)21-15-5-3-4-9-19-15/h3-7,9,12H,8,10-11H2,1-2H3,(H,22,26)(H,19,21,27).